The Morgan fingerprint density at radius 2 is 2.13 bits per heavy atom. The van der Waals surface area contributed by atoms with E-state index >= 15 is 0 Å². The van der Waals surface area contributed by atoms with E-state index in [-0.39, 0.29) is 5.56 Å². The van der Waals surface area contributed by atoms with Crippen molar-refractivity contribution in [1.82, 2.24) is 19.7 Å². The Bertz CT molecular complexity index is 1330. The molecular weight excluding hydrogens is 376 g/mol. The van der Waals surface area contributed by atoms with Gasteiger partial charge in [0.2, 0.25) is 0 Å². The molecule has 0 amide bonds. The van der Waals surface area contributed by atoms with E-state index in [0.717, 1.165) is 39.8 Å². The summed E-state index contributed by atoms with van der Waals surface area (Å²) in [5.74, 6) is 0.731. The van der Waals surface area contributed by atoms with Crippen molar-refractivity contribution in [1.29, 1.82) is 0 Å². The highest BCUT2D eigenvalue weighted by Crippen LogP contribution is 2.31. The van der Waals surface area contributed by atoms with Crippen molar-refractivity contribution in [3.63, 3.8) is 0 Å². The van der Waals surface area contributed by atoms with Gasteiger partial charge in [-0.3, -0.25) is 14.5 Å². The first-order chi connectivity index (χ1) is 14.6. The molecule has 0 spiro atoms. The van der Waals surface area contributed by atoms with Crippen LogP contribution in [0.4, 0.5) is 5.82 Å². The first kappa shape index (κ1) is 19.6. The standard InChI is InChI=1S/C23H24N6O/c1-4-6-17(24-5-2)13-26-22-18-8-7-15(16-12-27-29(3)14-16)11-19(18)21-20(28-22)9-10-25-23(21)30/h5-12,14H,4,13H2,1-3H3,(H,25,30)(H,26,28)/b17-6-,24-5?. The minimum absolute atomic E-state index is 0.151. The van der Waals surface area contributed by atoms with Gasteiger partial charge in [-0.15, -0.1) is 0 Å². The lowest BCUT2D eigenvalue weighted by Crippen LogP contribution is -2.10. The van der Waals surface area contributed by atoms with Crippen LogP contribution in [0.2, 0.25) is 0 Å². The molecule has 3 heterocycles. The fraction of sp³-hybridized carbons (Fsp3) is 0.217. The lowest BCUT2D eigenvalue weighted by atomic mass is 10.0. The van der Waals surface area contributed by atoms with Crippen molar-refractivity contribution in [3.8, 4) is 11.1 Å². The van der Waals surface area contributed by atoms with Crippen LogP contribution in [-0.4, -0.2) is 32.5 Å². The average molecular weight is 400 g/mol. The Kier molecular flexibility index (Phi) is 5.43. The molecule has 0 aliphatic heterocycles. The number of anilines is 1. The topological polar surface area (TPSA) is 88.0 Å². The van der Waals surface area contributed by atoms with Gasteiger partial charge in [-0.1, -0.05) is 25.1 Å². The number of allylic oxidation sites excluding steroid dienone is 1. The number of fused-ring (bicyclic) bond motifs is 3. The monoisotopic (exact) mass is 400 g/mol. The van der Waals surface area contributed by atoms with Gasteiger partial charge in [0.05, 0.1) is 29.3 Å². The van der Waals surface area contributed by atoms with Crippen molar-refractivity contribution < 1.29 is 0 Å². The molecule has 3 aromatic heterocycles. The quantitative estimate of drug-likeness (QED) is 0.374. The lowest BCUT2D eigenvalue weighted by molar-refractivity contribution is 0.768. The fourth-order valence-electron chi connectivity index (χ4n) is 3.59. The molecule has 0 fully saturated rings. The van der Waals surface area contributed by atoms with Crippen LogP contribution < -0.4 is 10.9 Å². The maximum Gasteiger partial charge on any atom is 0.258 e. The number of nitrogens with one attached hydrogen (secondary N) is 2. The maximum atomic E-state index is 12.6. The molecule has 0 radical (unpaired) electrons. The summed E-state index contributed by atoms with van der Waals surface area (Å²) >= 11 is 0. The van der Waals surface area contributed by atoms with E-state index in [1.807, 2.05) is 50.6 Å². The number of hydrogen-bond acceptors (Lipinski definition) is 5. The van der Waals surface area contributed by atoms with Crippen LogP contribution in [0, 0.1) is 0 Å². The second kappa shape index (κ2) is 8.32. The molecule has 0 saturated carbocycles. The number of aromatic nitrogens is 4. The Morgan fingerprint density at radius 1 is 1.27 bits per heavy atom. The van der Waals surface area contributed by atoms with Crippen LogP contribution in [0.25, 0.3) is 32.8 Å². The van der Waals surface area contributed by atoms with E-state index < -0.39 is 0 Å². The summed E-state index contributed by atoms with van der Waals surface area (Å²) in [7, 11) is 1.89. The molecule has 0 atom stereocenters. The highest BCUT2D eigenvalue weighted by molar-refractivity contribution is 6.10. The third-order valence-corrected chi connectivity index (χ3v) is 4.92. The van der Waals surface area contributed by atoms with E-state index in [2.05, 4.69) is 33.4 Å². The third-order valence-electron chi connectivity index (χ3n) is 4.92. The molecule has 0 aliphatic carbocycles. The van der Waals surface area contributed by atoms with Gasteiger partial charge in [0.15, 0.2) is 0 Å². The summed E-state index contributed by atoms with van der Waals surface area (Å²) in [5.41, 5.74) is 3.45. The summed E-state index contributed by atoms with van der Waals surface area (Å²) in [4.78, 5) is 24.6. The van der Waals surface area contributed by atoms with Gasteiger partial charge in [0, 0.05) is 42.0 Å². The molecule has 7 heteroatoms. The predicted molar refractivity (Wildman–Crippen MR) is 123 cm³/mol. The van der Waals surface area contributed by atoms with E-state index in [1.54, 1.807) is 17.1 Å². The molecule has 0 bridgehead atoms. The molecule has 7 nitrogen and oxygen atoms in total. The minimum atomic E-state index is -0.151. The van der Waals surface area contributed by atoms with Crippen LogP contribution in [0.15, 0.2) is 64.4 Å². The highest BCUT2D eigenvalue weighted by atomic mass is 16.1. The zero-order chi connectivity index (χ0) is 21.1. The number of aromatic amines is 1. The molecular formula is C23H24N6O. The summed E-state index contributed by atoms with van der Waals surface area (Å²) in [5, 5.41) is 10.00. The Morgan fingerprint density at radius 3 is 2.87 bits per heavy atom. The predicted octanol–water partition coefficient (Wildman–Crippen LogP) is 4.27. The van der Waals surface area contributed by atoms with E-state index in [1.165, 1.54) is 0 Å². The van der Waals surface area contributed by atoms with Crippen molar-refractivity contribution in [2.24, 2.45) is 12.0 Å². The van der Waals surface area contributed by atoms with Crippen LogP contribution >= 0.6 is 0 Å². The number of pyridine rings is 2. The van der Waals surface area contributed by atoms with Crippen molar-refractivity contribution >= 4 is 33.7 Å². The number of H-pyrrole nitrogens is 1. The van der Waals surface area contributed by atoms with Crippen LogP contribution in [0.5, 0.6) is 0 Å². The Labute approximate surface area is 174 Å². The molecule has 152 valence electrons. The minimum Gasteiger partial charge on any atom is -0.364 e. The van der Waals surface area contributed by atoms with E-state index in [9.17, 15) is 4.79 Å². The van der Waals surface area contributed by atoms with Gasteiger partial charge in [0.1, 0.15) is 5.82 Å². The van der Waals surface area contributed by atoms with Gasteiger partial charge in [-0.25, -0.2) is 4.98 Å². The Hall–Kier alpha value is -3.74. The summed E-state index contributed by atoms with van der Waals surface area (Å²) in [6.45, 7) is 4.54. The van der Waals surface area contributed by atoms with Gasteiger partial charge in [-0.2, -0.15) is 5.10 Å². The fourth-order valence-corrected chi connectivity index (χ4v) is 3.59. The normalized spacial score (nSPS) is 12.3. The van der Waals surface area contributed by atoms with Gasteiger partial charge in [0.25, 0.3) is 5.56 Å². The third kappa shape index (κ3) is 3.74. The summed E-state index contributed by atoms with van der Waals surface area (Å²) in [6.07, 6.45) is 10.2. The smallest absolute Gasteiger partial charge is 0.258 e. The SMILES string of the molecule is CC=N/C(=C\CC)CNc1nc2cc[nH]c(=O)c2c2cc(-c3cnn(C)c3)ccc12. The summed E-state index contributed by atoms with van der Waals surface area (Å²) < 4.78 is 1.76. The van der Waals surface area contributed by atoms with Crippen molar-refractivity contribution in [2.75, 3.05) is 11.9 Å². The first-order valence-corrected chi connectivity index (χ1v) is 9.96. The van der Waals surface area contributed by atoms with Gasteiger partial charge in [-0.05, 0) is 31.0 Å². The molecule has 30 heavy (non-hydrogen) atoms. The number of benzene rings is 1. The van der Waals surface area contributed by atoms with Crippen LogP contribution in [0.3, 0.4) is 0 Å². The van der Waals surface area contributed by atoms with E-state index in [0.29, 0.717) is 17.4 Å². The van der Waals surface area contributed by atoms with Gasteiger partial charge < -0.3 is 10.3 Å². The average Bonchev–Trinajstić information content (AvgIpc) is 3.18. The molecule has 0 saturated heterocycles. The number of aliphatic imine (C=N–C) groups is 1. The number of hydrogen-bond donors (Lipinski definition) is 2. The van der Waals surface area contributed by atoms with Crippen molar-refractivity contribution in [2.45, 2.75) is 20.3 Å². The molecule has 4 aromatic rings. The number of nitrogens with zero attached hydrogens (tertiary/aromatic N) is 4. The second-order valence-corrected chi connectivity index (χ2v) is 7.04. The molecule has 4 rings (SSSR count). The molecule has 0 aliphatic rings. The van der Waals surface area contributed by atoms with Gasteiger partial charge >= 0.3 is 0 Å². The largest absolute Gasteiger partial charge is 0.364 e. The molecule has 0 unspecified atom stereocenters. The van der Waals surface area contributed by atoms with Crippen molar-refractivity contribution in [3.05, 3.63) is 65.0 Å². The van der Waals surface area contributed by atoms with Crippen LogP contribution in [-0.2, 0) is 7.05 Å². The van der Waals surface area contributed by atoms with E-state index in [4.69, 9.17) is 4.98 Å². The number of rotatable bonds is 6. The molecule has 2 N–H and O–H groups in total. The Balaban J connectivity index is 1.88. The molecule has 1 aromatic carbocycles. The first-order valence-electron chi connectivity index (χ1n) is 9.96. The zero-order valence-electron chi connectivity index (χ0n) is 17.3. The zero-order valence-corrected chi connectivity index (χ0v) is 17.3. The summed E-state index contributed by atoms with van der Waals surface area (Å²) in [6, 6.07) is 7.89. The number of aryl methyl sites for hydroxylation is 1. The highest BCUT2D eigenvalue weighted by Gasteiger charge is 2.13. The maximum absolute atomic E-state index is 12.6. The van der Waals surface area contributed by atoms with Crippen LogP contribution in [0.1, 0.15) is 20.3 Å². The lowest BCUT2D eigenvalue weighted by Gasteiger charge is -2.12. The second-order valence-electron chi connectivity index (χ2n) is 7.04.